The largest absolute Gasteiger partial charge is 0.480 e. The molecule has 20 heavy (non-hydrogen) atoms. The molecule has 1 N–H and O–H groups in total. The summed E-state index contributed by atoms with van der Waals surface area (Å²) in [6.07, 6.45) is 4.40. The number of rotatable bonds is 2. The lowest BCUT2D eigenvalue weighted by Gasteiger charge is -2.36. The third-order valence-electron chi connectivity index (χ3n) is 4.52. The van der Waals surface area contributed by atoms with Crippen LogP contribution in [0.2, 0.25) is 0 Å². The zero-order valence-corrected chi connectivity index (χ0v) is 11.4. The minimum Gasteiger partial charge on any atom is -0.480 e. The van der Waals surface area contributed by atoms with Gasteiger partial charge in [-0.2, -0.15) is 0 Å². The Bertz CT molecular complexity index is 534. The van der Waals surface area contributed by atoms with E-state index in [-0.39, 0.29) is 11.8 Å². The molecule has 1 aromatic carbocycles. The van der Waals surface area contributed by atoms with Gasteiger partial charge in [0.15, 0.2) is 0 Å². The summed E-state index contributed by atoms with van der Waals surface area (Å²) in [7, 11) is 0. The maximum absolute atomic E-state index is 12.6. The highest BCUT2D eigenvalue weighted by atomic mass is 16.4. The van der Waals surface area contributed by atoms with Gasteiger partial charge in [0.1, 0.15) is 6.04 Å². The van der Waals surface area contributed by atoms with Gasteiger partial charge in [-0.15, -0.1) is 0 Å². The highest BCUT2D eigenvalue weighted by molar-refractivity contribution is 5.86. The van der Waals surface area contributed by atoms with E-state index < -0.39 is 12.0 Å². The Morgan fingerprint density at radius 2 is 1.75 bits per heavy atom. The van der Waals surface area contributed by atoms with Crippen molar-refractivity contribution < 1.29 is 14.7 Å². The second-order valence-corrected chi connectivity index (χ2v) is 5.77. The Morgan fingerprint density at radius 3 is 2.40 bits per heavy atom. The van der Waals surface area contributed by atoms with E-state index >= 15 is 0 Å². The number of carbonyl (C=O) groups excluding carboxylic acids is 1. The first-order chi connectivity index (χ1) is 9.66. The number of fused-ring (bicyclic) bond motifs is 1. The van der Waals surface area contributed by atoms with Crippen molar-refractivity contribution >= 4 is 11.9 Å². The molecule has 1 unspecified atom stereocenters. The van der Waals surface area contributed by atoms with Crippen LogP contribution in [0.3, 0.4) is 0 Å². The van der Waals surface area contributed by atoms with E-state index in [1.54, 1.807) is 4.90 Å². The van der Waals surface area contributed by atoms with Crippen molar-refractivity contribution in [2.45, 2.75) is 44.7 Å². The summed E-state index contributed by atoms with van der Waals surface area (Å²) in [6.45, 7) is 0.433. The molecule has 1 amide bonds. The van der Waals surface area contributed by atoms with Crippen molar-refractivity contribution in [2.24, 2.45) is 5.92 Å². The average Bonchev–Trinajstić information content (AvgIpc) is 2.99. The van der Waals surface area contributed by atoms with Crippen molar-refractivity contribution in [3.05, 3.63) is 35.4 Å². The van der Waals surface area contributed by atoms with Crippen LogP contribution in [-0.4, -0.2) is 27.9 Å². The van der Waals surface area contributed by atoms with E-state index in [4.69, 9.17) is 0 Å². The topological polar surface area (TPSA) is 57.6 Å². The number of amides is 1. The van der Waals surface area contributed by atoms with E-state index in [9.17, 15) is 14.7 Å². The van der Waals surface area contributed by atoms with Gasteiger partial charge >= 0.3 is 5.97 Å². The van der Waals surface area contributed by atoms with Crippen molar-refractivity contribution in [1.29, 1.82) is 0 Å². The monoisotopic (exact) mass is 273 g/mol. The lowest BCUT2D eigenvalue weighted by atomic mass is 9.92. The van der Waals surface area contributed by atoms with Crippen LogP contribution in [0.5, 0.6) is 0 Å². The molecule has 1 saturated carbocycles. The number of hydrogen-bond acceptors (Lipinski definition) is 2. The Morgan fingerprint density at radius 1 is 1.10 bits per heavy atom. The van der Waals surface area contributed by atoms with Gasteiger partial charge in [0, 0.05) is 18.9 Å². The van der Waals surface area contributed by atoms with Crippen molar-refractivity contribution in [3.8, 4) is 0 Å². The van der Waals surface area contributed by atoms with Gasteiger partial charge in [-0.25, -0.2) is 4.79 Å². The molecule has 1 fully saturated rings. The van der Waals surface area contributed by atoms with Gasteiger partial charge in [0.25, 0.3) is 0 Å². The van der Waals surface area contributed by atoms with Gasteiger partial charge in [0.05, 0.1) is 0 Å². The molecule has 4 heteroatoms. The molecule has 0 aromatic heterocycles. The minimum atomic E-state index is -0.897. The van der Waals surface area contributed by atoms with E-state index in [0.717, 1.165) is 36.8 Å². The summed E-state index contributed by atoms with van der Waals surface area (Å²) in [5, 5.41) is 9.43. The Hall–Kier alpha value is -1.84. The second-order valence-electron chi connectivity index (χ2n) is 5.77. The van der Waals surface area contributed by atoms with Gasteiger partial charge < -0.3 is 10.0 Å². The zero-order chi connectivity index (χ0) is 14.1. The summed E-state index contributed by atoms with van der Waals surface area (Å²) in [5.41, 5.74) is 2.13. The molecule has 1 aromatic rings. The number of aliphatic carboxylic acids is 1. The van der Waals surface area contributed by atoms with Crippen LogP contribution < -0.4 is 0 Å². The summed E-state index contributed by atoms with van der Waals surface area (Å²) in [6, 6.07) is 7.10. The predicted molar refractivity (Wildman–Crippen MR) is 74.1 cm³/mol. The fraction of sp³-hybridized carbons (Fsp3) is 0.500. The summed E-state index contributed by atoms with van der Waals surface area (Å²) in [4.78, 5) is 25.7. The normalized spacial score (nSPS) is 22.6. The number of carboxylic acid groups (broad SMARTS) is 1. The van der Waals surface area contributed by atoms with Crippen molar-refractivity contribution in [3.63, 3.8) is 0 Å². The molecule has 4 nitrogen and oxygen atoms in total. The molecule has 2 aliphatic rings. The number of benzene rings is 1. The Labute approximate surface area is 118 Å². The van der Waals surface area contributed by atoms with E-state index in [2.05, 4.69) is 0 Å². The Kier molecular flexibility index (Phi) is 3.47. The summed E-state index contributed by atoms with van der Waals surface area (Å²) < 4.78 is 0. The molecule has 1 aliphatic carbocycles. The lowest BCUT2D eigenvalue weighted by molar-refractivity contribution is -0.153. The predicted octanol–water partition coefficient (Wildman–Crippen LogP) is 2.21. The van der Waals surface area contributed by atoms with Crippen molar-refractivity contribution in [2.75, 3.05) is 0 Å². The summed E-state index contributed by atoms with van der Waals surface area (Å²) >= 11 is 0. The van der Waals surface area contributed by atoms with Gasteiger partial charge in [0.2, 0.25) is 5.91 Å². The molecule has 3 rings (SSSR count). The van der Waals surface area contributed by atoms with E-state index in [1.165, 1.54) is 0 Å². The molecular weight excluding hydrogens is 254 g/mol. The average molecular weight is 273 g/mol. The lowest BCUT2D eigenvalue weighted by Crippen LogP contribution is -2.50. The number of carboxylic acids is 1. The molecule has 0 bridgehead atoms. The third-order valence-corrected chi connectivity index (χ3v) is 4.52. The number of carbonyl (C=O) groups is 2. The SMILES string of the molecule is O=C(O)C1Cc2ccccc2CN1C(=O)C1CCCC1. The van der Waals surface area contributed by atoms with Crippen LogP contribution >= 0.6 is 0 Å². The number of nitrogens with zero attached hydrogens (tertiary/aromatic N) is 1. The first kappa shape index (κ1) is 13.2. The van der Waals surface area contributed by atoms with Crippen LogP contribution in [0.4, 0.5) is 0 Å². The zero-order valence-electron chi connectivity index (χ0n) is 11.4. The highest BCUT2D eigenvalue weighted by Gasteiger charge is 2.37. The van der Waals surface area contributed by atoms with Gasteiger partial charge in [-0.3, -0.25) is 4.79 Å². The summed E-state index contributed by atoms with van der Waals surface area (Å²) in [5.74, 6) is -0.836. The molecular formula is C16H19NO3. The van der Waals surface area contributed by atoms with Crippen LogP contribution in [0.1, 0.15) is 36.8 Å². The fourth-order valence-corrected chi connectivity index (χ4v) is 3.38. The number of hydrogen-bond donors (Lipinski definition) is 1. The quantitative estimate of drug-likeness (QED) is 0.898. The van der Waals surface area contributed by atoms with Crippen LogP contribution in [0.15, 0.2) is 24.3 Å². The van der Waals surface area contributed by atoms with Gasteiger partial charge in [-0.1, -0.05) is 37.1 Å². The molecule has 0 radical (unpaired) electrons. The fourth-order valence-electron chi connectivity index (χ4n) is 3.38. The maximum Gasteiger partial charge on any atom is 0.326 e. The molecule has 106 valence electrons. The first-order valence-electron chi connectivity index (χ1n) is 7.27. The van der Waals surface area contributed by atoms with Crippen LogP contribution in [0, 0.1) is 5.92 Å². The van der Waals surface area contributed by atoms with E-state index in [1.807, 2.05) is 24.3 Å². The molecule has 0 spiro atoms. The molecule has 0 saturated heterocycles. The maximum atomic E-state index is 12.6. The Balaban J connectivity index is 1.88. The standard InChI is InChI=1S/C16H19NO3/c18-15(11-5-1-2-6-11)17-10-13-8-4-3-7-12(13)9-14(17)16(19)20/h3-4,7-8,11,14H,1-2,5-6,9-10H2,(H,19,20). The van der Waals surface area contributed by atoms with Gasteiger partial charge in [-0.05, 0) is 24.0 Å². The molecule has 1 heterocycles. The first-order valence-corrected chi connectivity index (χ1v) is 7.27. The van der Waals surface area contributed by atoms with E-state index in [0.29, 0.717) is 13.0 Å². The molecule has 1 aliphatic heterocycles. The van der Waals surface area contributed by atoms with Crippen LogP contribution in [0.25, 0.3) is 0 Å². The second kappa shape index (κ2) is 5.27. The van der Waals surface area contributed by atoms with Crippen molar-refractivity contribution in [1.82, 2.24) is 4.90 Å². The smallest absolute Gasteiger partial charge is 0.326 e. The minimum absolute atomic E-state index is 0.0297. The van der Waals surface area contributed by atoms with Crippen LogP contribution in [-0.2, 0) is 22.6 Å². The highest BCUT2D eigenvalue weighted by Crippen LogP contribution is 2.31. The molecule has 1 atom stereocenters. The third kappa shape index (κ3) is 2.30.